The zero-order valence-corrected chi connectivity index (χ0v) is 15.3. The molecule has 0 aliphatic heterocycles. The van der Waals surface area contributed by atoms with Gasteiger partial charge in [-0.05, 0) is 56.0 Å². The summed E-state index contributed by atoms with van der Waals surface area (Å²) in [7, 11) is 0. The molecule has 0 spiro atoms. The number of thioether (sulfide) groups is 1. The molecule has 0 bridgehead atoms. The Labute approximate surface area is 151 Å². The summed E-state index contributed by atoms with van der Waals surface area (Å²) in [6, 6.07) is 13.7. The number of rotatable bonds is 5. The van der Waals surface area contributed by atoms with Gasteiger partial charge in [-0.2, -0.15) is 5.10 Å². The number of nitrogens with one attached hydrogen (secondary N) is 1. The lowest BCUT2D eigenvalue weighted by atomic mass is 10.2. The van der Waals surface area contributed by atoms with Gasteiger partial charge in [0.2, 0.25) is 0 Å². The van der Waals surface area contributed by atoms with E-state index < -0.39 is 0 Å². The van der Waals surface area contributed by atoms with E-state index in [2.05, 4.69) is 27.5 Å². The molecular formula is C19H20N4OS. The van der Waals surface area contributed by atoms with E-state index in [9.17, 15) is 4.79 Å². The van der Waals surface area contributed by atoms with Crippen molar-refractivity contribution >= 4 is 17.7 Å². The van der Waals surface area contributed by atoms with Gasteiger partial charge in [0, 0.05) is 23.3 Å². The number of aromatic nitrogens is 3. The molecule has 1 N–H and O–H groups in total. The normalized spacial score (nSPS) is 10.7. The fourth-order valence-electron chi connectivity index (χ4n) is 2.53. The summed E-state index contributed by atoms with van der Waals surface area (Å²) in [6.07, 6.45) is 3.62. The van der Waals surface area contributed by atoms with Crippen LogP contribution in [0.15, 0.2) is 53.6 Å². The Bertz CT molecular complexity index is 869. The summed E-state index contributed by atoms with van der Waals surface area (Å²) in [6.45, 7) is 4.41. The van der Waals surface area contributed by atoms with Gasteiger partial charge < -0.3 is 5.32 Å². The predicted molar refractivity (Wildman–Crippen MR) is 100 cm³/mol. The Morgan fingerprint density at radius 3 is 2.48 bits per heavy atom. The van der Waals surface area contributed by atoms with E-state index in [4.69, 9.17) is 0 Å². The topological polar surface area (TPSA) is 59.8 Å². The molecule has 25 heavy (non-hydrogen) atoms. The fourth-order valence-corrected chi connectivity index (χ4v) is 2.94. The first kappa shape index (κ1) is 17.2. The molecule has 1 amide bonds. The number of aryl methyl sites for hydroxylation is 2. The second-order valence-electron chi connectivity index (χ2n) is 5.77. The first-order valence-electron chi connectivity index (χ1n) is 7.97. The van der Waals surface area contributed by atoms with Crippen molar-refractivity contribution in [2.45, 2.75) is 25.3 Å². The molecule has 5 nitrogen and oxygen atoms in total. The molecule has 128 valence electrons. The highest BCUT2D eigenvalue weighted by molar-refractivity contribution is 7.98. The first-order valence-corrected chi connectivity index (χ1v) is 9.20. The van der Waals surface area contributed by atoms with Crippen molar-refractivity contribution in [3.63, 3.8) is 0 Å². The number of amides is 1. The molecule has 2 aromatic heterocycles. The lowest BCUT2D eigenvalue weighted by Gasteiger charge is -2.07. The van der Waals surface area contributed by atoms with Gasteiger partial charge in [-0.1, -0.05) is 12.1 Å². The van der Waals surface area contributed by atoms with E-state index in [-0.39, 0.29) is 5.91 Å². The summed E-state index contributed by atoms with van der Waals surface area (Å²) in [5.74, 6) is 0.566. The molecule has 0 fully saturated rings. The second kappa shape index (κ2) is 7.53. The van der Waals surface area contributed by atoms with E-state index >= 15 is 0 Å². The molecular weight excluding hydrogens is 332 g/mol. The Morgan fingerprint density at radius 2 is 1.92 bits per heavy atom. The van der Waals surface area contributed by atoms with Gasteiger partial charge in [-0.3, -0.25) is 4.79 Å². The summed E-state index contributed by atoms with van der Waals surface area (Å²) in [5.41, 5.74) is 3.55. The maximum absolute atomic E-state index is 12.3. The Kier molecular flexibility index (Phi) is 5.19. The molecule has 3 rings (SSSR count). The van der Waals surface area contributed by atoms with Crippen molar-refractivity contribution in [3.8, 4) is 5.82 Å². The summed E-state index contributed by atoms with van der Waals surface area (Å²) in [4.78, 5) is 17.8. The van der Waals surface area contributed by atoms with Crippen molar-refractivity contribution in [2.24, 2.45) is 0 Å². The van der Waals surface area contributed by atoms with Crippen LogP contribution in [0.5, 0.6) is 0 Å². The van der Waals surface area contributed by atoms with Gasteiger partial charge in [-0.25, -0.2) is 9.67 Å². The lowest BCUT2D eigenvalue weighted by Crippen LogP contribution is -2.23. The SMILES string of the molecule is CSc1ccc(CNC(=O)c2ccc(-n3nc(C)cc3C)nc2)cc1. The van der Waals surface area contributed by atoms with Crippen LogP contribution in [0.3, 0.4) is 0 Å². The van der Waals surface area contributed by atoms with Crippen LogP contribution in [0.1, 0.15) is 27.3 Å². The van der Waals surface area contributed by atoms with Crippen LogP contribution in [0.25, 0.3) is 5.82 Å². The molecule has 0 radical (unpaired) electrons. The standard InChI is InChI=1S/C19H20N4OS/c1-13-10-14(2)23(22-13)18-9-6-16(12-20-18)19(24)21-11-15-4-7-17(25-3)8-5-15/h4-10,12H,11H2,1-3H3,(H,21,24). The van der Waals surface area contributed by atoms with Crippen LogP contribution >= 0.6 is 11.8 Å². The number of pyridine rings is 1. The zero-order valence-electron chi connectivity index (χ0n) is 14.5. The van der Waals surface area contributed by atoms with Crippen LogP contribution in [-0.2, 0) is 6.54 Å². The van der Waals surface area contributed by atoms with Gasteiger partial charge in [0.15, 0.2) is 5.82 Å². The average molecular weight is 352 g/mol. The maximum atomic E-state index is 12.3. The summed E-state index contributed by atoms with van der Waals surface area (Å²) >= 11 is 1.70. The molecule has 1 aromatic carbocycles. The van der Waals surface area contributed by atoms with Gasteiger partial charge >= 0.3 is 0 Å². The third-order valence-electron chi connectivity index (χ3n) is 3.85. The minimum absolute atomic E-state index is 0.138. The highest BCUT2D eigenvalue weighted by Gasteiger charge is 2.09. The summed E-state index contributed by atoms with van der Waals surface area (Å²) < 4.78 is 1.77. The average Bonchev–Trinajstić information content (AvgIpc) is 2.98. The minimum atomic E-state index is -0.138. The minimum Gasteiger partial charge on any atom is -0.348 e. The lowest BCUT2D eigenvalue weighted by molar-refractivity contribution is 0.0950. The van der Waals surface area contributed by atoms with E-state index in [1.54, 1.807) is 28.7 Å². The van der Waals surface area contributed by atoms with E-state index in [0.717, 1.165) is 17.0 Å². The summed E-state index contributed by atoms with van der Waals surface area (Å²) in [5, 5.41) is 7.32. The predicted octanol–water partition coefficient (Wildman–Crippen LogP) is 3.54. The van der Waals surface area contributed by atoms with Crippen molar-refractivity contribution < 1.29 is 4.79 Å². The monoisotopic (exact) mass is 352 g/mol. The molecule has 0 saturated carbocycles. The molecule has 0 aliphatic rings. The quantitative estimate of drug-likeness (QED) is 0.714. The number of benzene rings is 1. The molecule has 6 heteroatoms. The molecule has 0 saturated heterocycles. The van der Waals surface area contributed by atoms with Crippen molar-refractivity contribution in [2.75, 3.05) is 6.26 Å². The zero-order chi connectivity index (χ0) is 17.8. The Hall–Kier alpha value is -2.60. The number of carbonyl (C=O) groups is 1. The largest absolute Gasteiger partial charge is 0.348 e. The Morgan fingerprint density at radius 1 is 1.16 bits per heavy atom. The molecule has 0 aliphatic carbocycles. The van der Waals surface area contributed by atoms with Crippen LogP contribution in [0.2, 0.25) is 0 Å². The molecule has 0 atom stereocenters. The third kappa shape index (κ3) is 4.09. The van der Waals surface area contributed by atoms with E-state index in [0.29, 0.717) is 17.9 Å². The molecule has 3 aromatic rings. The van der Waals surface area contributed by atoms with Crippen LogP contribution in [0, 0.1) is 13.8 Å². The number of hydrogen-bond acceptors (Lipinski definition) is 4. The van der Waals surface area contributed by atoms with Crippen molar-refractivity contribution in [1.82, 2.24) is 20.1 Å². The van der Waals surface area contributed by atoms with Crippen molar-refractivity contribution in [1.29, 1.82) is 0 Å². The fraction of sp³-hybridized carbons (Fsp3) is 0.211. The maximum Gasteiger partial charge on any atom is 0.253 e. The Balaban J connectivity index is 1.65. The van der Waals surface area contributed by atoms with E-state index in [1.165, 1.54) is 4.90 Å². The van der Waals surface area contributed by atoms with Gasteiger partial charge in [0.05, 0.1) is 11.3 Å². The van der Waals surface area contributed by atoms with Gasteiger partial charge in [0.25, 0.3) is 5.91 Å². The molecule has 0 unspecified atom stereocenters. The first-order chi connectivity index (χ1) is 12.1. The van der Waals surface area contributed by atoms with Crippen molar-refractivity contribution in [3.05, 3.63) is 71.2 Å². The smallest absolute Gasteiger partial charge is 0.253 e. The molecule has 2 heterocycles. The van der Waals surface area contributed by atoms with Crippen LogP contribution in [-0.4, -0.2) is 26.9 Å². The van der Waals surface area contributed by atoms with E-state index in [1.807, 2.05) is 44.4 Å². The highest BCUT2D eigenvalue weighted by Crippen LogP contribution is 2.15. The second-order valence-corrected chi connectivity index (χ2v) is 6.65. The van der Waals surface area contributed by atoms with Crippen LogP contribution in [0.4, 0.5) is 0 Å². The highest BCUT2D eigenvalue weighted by atomic mass is 32.2. The number of nitrogens with zero attached hydrogens (tertiary/aromatic N) is 3. The van der Waals surface area contributed by atoms with Gasteiger partial charge in [-0.15, -0.1) is 11.8 Å². The van der Waals surface area contributed by atoms with Gasteiger partial charge in [0.1, 0.15) is 0 Å². The third-order valence-corrected chi connectivity index (χ3v) is 4.59. The van der Waals surface area contributed by atoms with Crippen LogP contribution < -0.4 is 5.32 Å². The number of hydrogen-bond donors (Lipinski definition) is 1. The number of carbonyl (C=O) groups excluding carboxylic acids is 1.